The number of benzene rings is 3. The smallest absolute Gasteiger partial charge is 0.298 e. The average molecular weight is 490 g/mol. The SMILES string of the molecule is Cc1ccc(Cn2c(SCC(=O)Nc3ccccc3Cl)nc3c(oc4ccccc43)c2=O)cc1. The number of rotatable bonds is 6. The Labute approximate surface area is 204 Å². The second kappa shape index (κ2) is 9.37. The van der Waals surface area contributed by atoms with Crippen molar-refractivity contribution >= 4 is 57.0 Å². The minimum Gasteiger partial charge on any atom is -0.448 e. The molecule has 0 bridgehead atoms. The molecule has 34 heavy (non-hydrogen) atoms. The van der Waals surface area contributed by atoms with Gasteiger partial charge in [0.2, 0.25) is 11.5 Å². The van der Waals surface area contributed by atoms with Gasteiger partial charge in [0.05, 0.1) is 23.0 Å². The van der Waals surface area contributed by atoms with Gasteiger partial charge in [0, 0.05) is 5.39 Å². The van der Waals surface area contributed by atoms with E-state index in [-0.39, 0.29) is 22.8 Å². The number of amides is 1. The van der Waals surface area contributed by atoms with Crippen LogP contribution in [-0.2, 0) is 11.3 Å². The van der Waals surface area contributed by atoms with Crippen LogP contribution in [0.3, 0.4) is 0 Å². The van der Waals surface area contributed by atoms with Crippen molar-refractivity contribution in [2.45, 2.75) is 18.6 Å². The highest BCUT2D eigenvalue weighted by molar-refractivity contribution is 7.99. The number of aryl methyl sites for hydroxylation is 1. The van der Waals surface area contributed by atoms with Crippen molar-refractivity contribution in [2.75, 3.05) is 11.1 Å². The van der Waals surface area contributed by atoms with Gasteiger partial charge >= 0.3 is 0 Å². The summed E-state index contributed by atoms with van der Waals surface area (Å²) in [6.07, 6.45) is 0. The summed E-state index contributed by atoms with van der Waals surface area (Å²) in [7, 11) is 0. The largest absolute Gasteiger partial charge is 0.448 e. The molecule has 170 valence electrons. The van der Waals surface area contributed by atoms with E-state index in [0.717, 1.165) is 16.5 Å². The van der Waals surface area contributed by atoms with E-state index in [1.165, 1.54) is 11.8 Å². The highest BCUT2D eigenvalue weighted by Gasteiger charge is 2.19. The molecule has 0 saturated carbocycles. The minimum atomic E-state index is -0.282. The van der Waals surface area contributed by atoms with Gasteiger partial charge in [-0.2, -0.15) is 0 Å². The maximum atomic E-state index is 13.5. The van der Waals surface area contributed by atoms with Gasteiger partial charge in [0.15, 0.2) is 5.16 Å². The molecule has 1 N–H and O–H groups in total. The predicted octanol–water partition coefficient (Wildman–Crippen LogP) is 5.88. The number of aromatic nitrogens is 2. The third kappa shape index (κ3) is 4.44. The molecule has 0 fully saturated rings. The van der Waals surface area contributed by atoms with Crippen LogP contribution in [0.5, 0.6) is 0 Å². The Morgan fingerprint density at radius 3 is 2.59 bits per heavy atom. The average Bonchev–Trinajstić information content (AvgIpc) is 3.21. The van der Waals surface area contributed by atoms with E-state index in [9.17, 15) is 9.59 Å². The van der Waals surface area contributed by atoms with Crippen LogP contribution in [0.25, 0.3) is 22.1 Å². The van der Waals surface area contributed by atoms with Crippen molar-refractivity contribution in [3.8, 4) is 0 Å². The Hall–Kier alpha value is -3.55. The lowest BCUT2D eigenvalue weighted by Gasteiger charge is -2.12. The standard InChI is InChI=1S/C26H20ClN3O3S/c1-16-10-12-17(13-11-16)14-30-25(32)24-23(18-6-2-5-9-21(18)33-24)29-26(30)34-15-22(31)28-20-8-4-3-7-19(20)27/h2-13H,14-15H2,1H3,(H,28,31). The predicted molar refractivity (Wildman–Crippen MR) is 137 cm³/mol. The van der Waals surface area contributed by atoms with Crippen LogP contribution >= 0.6 is 23.4 Å². The fourth-order valence-electron chi connectivity index (χ4n) is 3.66. The molecule has 3 aromatic carbocycles. The molecular formula is C26H20ClN3O3S. The van der Waals surface area contributed by atoms with E-state index in [2.05, 4.69) is 5.32 Å². The molecule has 2 aromatic heterocycles. The summed E-state index contributed by atoms with van der Waals surface area (Å²) in [6.45, 7) is 2.32. The Morgan fingerprint density at radius 2 is 1.79 bits per heavy atom. The van der Waals surface area contributed by atoms with Crippen LogP contribution in [0.2, 0.25) is 5.02 Å². The maximum absolute atomic E-state index is 13.5. The van der Waals surface area contributed by atoms with Crippen molar-refractivity contribution in [2.24, 2.45) is 0 Å². The van der Waals surface area contributed by atoms with Crippen LogP contribution in [0.1, 0.15) is 11.1 Å². The van der Waals surface area contributed by atoms with Crippen molar-refractivity contribution in [3.63, 3.8) is 0 Å². The Bertz CT molecular complexity index is 1570. The zero-order valence-electron chi connectivity index (χ0n) is 18.2. The number of fused-ring (bicyclic) bond motifs is 3. The van der Waals surface area contributed by atoms with E-state index in [1.807, 2.05) is 55.5 Å². The van der Waals surface area contributed by atoms with Gasteiger partial charge in [-0.3, -0.25) is 14.2 Å². The van der Waals surface area contributed by atoms with Crippen molar-refractivity contribution < 1.29 is 9.21 Å². The molecule has 0 spiro atoms. The molecule has 0 atom stereocenters. The van der Waals surface area contributed by atoms with E-state index in [1.54, 1.807) is 28.8 Å². The van der Waals surface area contributed by atoms with Gasteiger partial charge in [-0.25, -0.2) is 4.98 Å². The monoisotopic (exact) mass is 489 g/mol. The number of nitrogens with one attached hydrogen (secondary N) is 1. The van der Waals surface area contributed by atoms with Crippen LogP contribution in [0.15, 0.2) is 87.2 Å². The second-order valence-corrected chi connectivity index (χ2v) is 9.21. The summed E-state index contributed by atoms with van der Waals surface area (Å²) in [5, 5.41) is 4.47. The Balaban J connectivity index is 1.51. The first kappa shape index (κ1) is 22.3. The summed E-state index contributed by atoms with van der Waals surface area (Å²) >= 11 is 7.35. The van der Waals surface area contributed by atoms with E-state index >= 15 is 0 Å². The summed E-state index contributed by atoms with van der Waals surface area (Å²) in [6, 6.07) is 22.4. The number of carbonyl (C=O) groups is 1. The van der Waals surface area contributed by atoms with E-state index in [4.69, 9.17) is 21.0 Å². The Morgan fingerprint density at radius 1 is 1.06 bits per heavy atom. The van der Waals surface area contributed by atoms with Crippen LogP contribution in [0, 0.1) is 6.92 Å². The number of anilines is 1. The number of hydrogen-bond donors (Lipinski definition) is 1. The highest BCUT2D eigenvalue weighted by atomic mass is 35.5. The first-order valence-corrected chi connectivity index (χ1v) is 12.0. The van der Waals surface area contributed by atoms with Crippen LogP contribution in [-0.4, -0.2) is 21.2 Å². The van der Waals surface area contributed by atoms with Gasteiger partial charge in [0.25, 0.3) is 5.56 Å². The molecule has 0 aliphatic rings. The molecule has 0 aliphatic heterocycles. The van der Waals surface area contributed by atoms with Crippen molar-refractivity contribution in [1.29, 1.82) is 0 Å². The van der Waals surface area contributed by atoms with Gasteiger partial charge in [0.1, 0.15) is 11.1 Å². The molecular weight excluding hydrogens is 470 g/mol. The molecule has 0 aliphatic carbocycles. The fraction of sp³-hybridized carbons (Fsp3) is 0.115. The summed E-state index contributed by atoms with van der Waals surface area (Å²) in [5.74, 6) is -0.182. The number of nitrogens with zero attached hydrogens (tertiary/aromatic N) is 2. The molecule has 6 nitrogen and oxygen atoms in total. The van der Waals surface area contributed by atoms with Gasteiger partial charge < -0.3 is 9.73 Å². The zero-order valence-corrected chi connectivity index (χ0v) is 19.8. The first-order chi connectivity index (χ1) is 16.5. The summed E-state index contributed by atoms with van der Waals surface area (Å²) < 4.78 is 7.41. The first-order valence-electron chi connectivity index (χ1n) is 10.6. The third-order valence-corrected chi connectivity index (χ3v) is 6.69. The fourth-order valence-corrected chi connectivity index (χ4v) is 4.63. The molecule has 8 heteroatoms. The summed E-state index contributed by atoms with van der Waals surface area (Å²) in [5.41, 5.74) is 3.64. The molecule has 2 heterocycles. The number of para-hydroxylation sites is 2. The molecule has 0 radical (unpaired) electrons. The van der Waals surface area contributed by atoms with Crippen molar-refractivity contribution in [3.05, 3.63) is 99.3 Å². The third-order valence-electron chi connectivity index (χ3n) is 5.39. The van der Waals surface area contributed by atoms with Gasteiger partial charge in [-0.15, -0.1) is 0 Å². The maximum Gasteiger partial charge on any atom is 0.298 e. The number of halogens is 1. The van der Waals surface area contributed by atoms with Gasteiger partial charge in [-0.05, 0) is 36.8 Å². The molecule has 5 rings (SSSR count). The topological polar surface area (TPSA) is 77.1 Å². The molecule has 5 aromatic rings. The summed E-state index contributed by atoms with van der Waals surface area (Å²) in [4.78, 5) is 30.9. The number of hydrogen-bond acceptors (Lipinski definition) is 5. The van der Waals surface area contributed by atoms with E-state index < -0.39 is 0 Å². The van der Waals surface area contributed by atoms with Gasteiger partial charge in [-0.1, -0.05) is 77.5 Å². The lowest BCUT2D eigenvalue weighted by atomic mass is 10.1. The van der Waals surface area contributed by atoms with Crippen LogP contribution in [0.4, 0.5) is 5.69 Å². The zero-order chi connectivity index (χ0) is 23.7. The minimum absolute atomic E-state index is 0.0624. The second-order valence-electron chi connectivity index (χ2n) is 7.86. The number of furan rings is 1. The normalized spacial score (nSPS) is 11.2. The van der Waals surface area contributed by atoms with E-state index in [0.29, 0.717) is 33.5 Å². The molecule has 0 saturated heterocycles. The lowest BCUT2D eigenvalue weighted by Crippen LogP contribution is -2.24. The van der Waals surface area contributed by atoms with Crippen molar-refractivity contribution in [1.82, 2.24) is 9.55 Å². The molecule has 1 amide bonds. The highest BCUT2D eigenvalue weighted by Crippen LogP contribution is 2.28. The lowest BCUT2D eigenvalue weighted by molar-refractivity contribution is -0.113. The number of carbonyl (C=O) groups excluding carboxylic acids is 1. The Kier molecular flexibility index (Phi) is 6.13. The number of thioether (sulfide) groups is 1. The van der Waals surface area contributed by atoms with Crippen LogP contribution < -0.4 is 10.9 Å². The molecule has 0 unspecified atom stereocenters. The quantitative estimate of drug-likeness (QED) is 0.238.